The Morgan fingerprint density at radius 3 is 2.70 bits per heavy atom. The minimum atomic E-state index is -0.0344. The summed E-state index contributed by atoms with van der Waals surface area (Å²) in [5, 5.41) is 3.13. The lowest BCUT2D eigenvalue weighted by Gasteiger charge is -2.22. The fourth-order valence-electron chi connectivity index (χ4n) is 3.65. The van der Waals surface area contributed by atoms with Crippen LogP contribution in [0.2, 0.25) is 0 Å². The van der Waals surface area contributed by atoms with Crippen LogP contribution in [0, 0.1) is 5.92 Å². The molecular weight excluding hydrogens is 342 g/mol. The molecule has 0 spiro atoms. The molecule has 5 heteroatoms. The first kappa shape index (κ1) is 18.0. The summed E-state index contributed by atoms with van der Waals surface area (Å²) < 4.78 is 17.1. The van der Waals surface area contributed by atoms with E-state index in [0.29, 0.717) is 32.0 Å². The predicted octanol–water partition coefficient (Wildman–Crippen LogP) is 4.37. The lowest BCUT2D eigenvalue weighted by Crippen LogP contribution is -2.28. The summed E-state index contributed by atoms with van der Waals surface area (Å²) in [5.74, 6) is 4.83. The van der Waals surface area contributed by atoms with Gasteiger partial charge in [0, 0.05) is 18.8 Å². The third kappa shape index (κ3) is 4.12. The molecule has 1 saturated carbocycles. The van der Waals surface area contributed by atoms with Crippen LogP contribution in [-0.2, 0) is 11.2 Å². The van der Waals surface area contributed by atoms with Crippen LogP contribution in [0.5, 0.6) is 11.5 Å². The molecule has 0 bridgehead atoms. The van der Waals surface area contributed by atoms with Crippen molar-refractivity contribution in [1.29, 1.82) is 0 Å². The van der Waals surface area contributed by atoms with Gasteiger partial charge in [-0.15, -0.1) is 0 Å². The Balaban J connectivity index is 1.32. The highest BCUT2D eigenvalue weighted by molar-refractivity contribution is 5.76. The number of fused-ring (bicyclic) bond motifs is 1. The van der Waals surface area contributed by atoms with E-state index in [1.807, 2.05) is 24.3 Å². The largest absolute Gasteiger partial charge is 0.486 e. The van der Waals surface area contributed by atoms with Crippen LogP contribution in [0.15, 0.2) is 34.7 Å². The summed E-state index contributed by atoms with van der Waals surface area (Å²) >= 11 is 0. The molecule has 1 N–H and O–H groups in total. The van der Waals surface area contributed by atoms with Gasteiger partial charge in [0.05, 0.1) is 6.04 Å². The molecule has 1 aliphatic carbocycles. The zero-order valence-electron chi connectivity index (χ0n) is 16.0. The summed E-state index contributed by atoms with van der Waals surface area (Å²) in [6.07, 6.45) is 3.08. The number of nitrogens with one attached hydrogen (secondary N) is 1. The molecule has 5 nitrogen and oxygen atoms in total. The first-order valence-corrected chi connectivity index (χ1v) is 9.91. The van der Waals surface area contributed by atoms with Crippen molar-refractivity contribution in [2.45, 2.75) is 51.5 Å². The summed E-state index contributed by atoms with van der Waals surface area (Å²) in [5.41, 5.74) is 1.04. The van der Waals surface area contributed by atoms with Gasteiger partial charge in [-0.25, -0.2) is 0 Å². The molecule has 27 heavy (non-hydrogen) atoms. The highest BCUT2D eigenvalue weighted by atomic mass is 16.6. The number of rotatable bonds is 7. The molecule has 3 atom stereocenters. The summed E-state index contributed by atoms with van der Waals surface area (Å²) in [6.45, 7) is 5.44. The van der Waals surface area contributed by atoms with Gasteiger partial charge in [-0.3, -0.25) is 4.79 Å². The van der Waals surface area contributed by atoms with Crippen molar-refractivity contribution >= 4 is 5.91 Å². The Morgan fingerprint density at radius 2 is 1.96 bits per heavy atom. The normalized spacial score (nSPS) is 21.6. The summed E-state index contributed by atoms with van der Waals surface area (Å²) in [6, 6.07) is 9.92. The zero-order chi connectivity index (χ0) is 18.8. The fraction of sp³-hybridized carbons (Fsp3) is 0.500. The quantitative estimate of drug-likeness (QED) is 0.787. The highest BCUT2D eigenvalue weighted by Gasteiger charge is 2.36. The Hall–Kier alpha value is -2.43. The Bertz CT molecular complexity index is 812. The number of aryl methyl sites for hydroxylation is 1. The maximum Gasteiger partial charge on any atom is 0.220 e. The average Bonchev–Trinajstić information content (AvgIpc) is 3.24. The molecular formula is C22H27NO4. The lowest BCUT2D eigenvalue weighted by molar-refractivity contribution is -0.121. The SMILES string of the molecule is CCC(NC(=O)CCc1ccc(C2CC2C)o1)c1ccc2c(c1)OCCO2. The number of carbonyl (C=O) groups excluding carboxylic acids is 1. The molecule has 1 aliphatic heterocycles. The third-order valence-electron chi connectivity index (χ3n) is 5.47. The second-order valence-electron chi connectivity index (χ2n) is 7.56. The monoisotopic (exact) mass is 369 g/mol. The highest BCUT2D eigenvalue weighted by Crippen LogP contribution is 2.47. The lowest BCUT2D eigenvalue weighted by atomic mass is 10.0. The van der Waals surface area contributed by atoms with E-state index in [-0.39, 0.29) is 11.9 Å². The van der Waals surface area contributed by atoms with Crippen molar-refractivity contribution in [3.8, 4) is 11.5 Å². The van der Waals surface area contributed by atoms with Crippen molar-refractivity contribution in [2.75, 3.05) is 13.2 Å². The fourth-order valence-corrected chi connectivity index (χ4v) is 3.65. The second-order valence-corrected chi connectivity index (χ2v) is 7.56. The molecule has 2 heterocycles. The molecule has 4 rings (SSSR count). The number of hydrogen-bond donors (Lipinski definition) is 1. The summed E-state index contributed by atoms with van der Waals surface area (Å²) in [4.78, 5) is 12.4. The molecule has 0 radical (unpaired) electrons. The van der Waals surface area contributed by atoms with Gasteiger partial charge >= 0.3 is 0 Å². The van der Waals surface area contributed by atoms with Gasteiger partial charge < -0.3 is 19.2 Å². The topological polar surface area (TPSA) is 60.7 Å². The minimum Gasteiger partial charge on any atom is -0.486 e. The zero-order valence-corrected chi connectivity index (χ0v) is 16.0. The number of ether oxygens (including phenoxy) is 2. The van der Waals surface area contributed by atoms with Gasteiger partial charge in [-0.2, -0.15) is 0 Å². The average molecular weight is 369 g/mol. The first-order chi connectivity index (χ1) is 13.1. The van der Waals surface area contributed by atoms with Gasteiger partial charge in [-0.05, 0) is 48.6 Å². The van der Waals surface area contributed by atoms with Crippen LogP contribution >= 0.6 is 0 Å². The van der Waals surface area contributed by atoms with Crippen LogP contribution in [0.1, 0.15) is 62.2 Å². The molecule has 1 aromatic heterocycles. The minimum absolute atomic E-state index is 0.0344. The van der Waals surface area contributed by atoms with E-state index < -0.39 is 0 Å². The van der Waals surface area contributed by atoms with Gasteiger partial charge in [-0.1, -0.05) is 19.9 Å². The van der Waals surface area contributed by atoms with Gasteiger partial charge in [0.25, 0.3) is 0 Å². The predicted molar refractivity (Wildman–Crippen MR) is 102 cm³/mol. The van der Waals surface area contributed by atoms with Crippen LogP contribution in [0.3, 0.4) is 0 Å². The van der Waals surface area contributed by atoms with E-state index in [2.05, 4.69) is 25.2 Å². The third-order valence-corrected chi connectivity index (χ3v) is 5.47. The van der Waals surface area contributed by atoms with Crippen molar-refractivity contribution in [3.05, 3.63) is 47.4 Å². The van der Waals surface area contributed by atoms with Crippen LogP contribution in [0.4, 0.5) is 0 Å². The maximum atomic E-state index is 12.4. The van der Waals surface area contributed by atoms with Crippen molar-refractivity contribution in [3.63, 3.8) is 0 Å². The first-order valence-electron chi connectivity index (χ1n) is 9.91. The standard InChI is InChI=1S/C22H27NO4/c1-3-18(15-4-7-20-21(13-15)26-11-10-25-20)23-22(24)9-6-16-5-8-19(27-16)17-12-14(17)2/h4-5,7-8,13-14,17-18H,3,6,9-12H2,1-2H3,(H,23,24). The van der Waals surface area contributed by atoms with Crippen LogP contribution in [0.25, 0.3) is 0 Å². The Labute approximate surface area is 160 Å². The van der Waals surface area contributed by atoms with E-state index in [0.717, 1.165) is 40.9 Å². The van der Waals surface area contributed by atoms with E-state index in [1.54, 1.807) is 0 Å². The summed E-state index contributed by atoms with van der Waals surface area (Å²) in [7, 11) is 0. The van der Waals surface area contributed by atoms with E-state index in [9.17, 15) is 4.79 Å². The molecule has 144 valence electrons. The van der Waals surface area contributed by atoms with Gasteiger partial charge in [0.15, 0.2) is 11.5 Å². The Morgan fingerprint density at radius 1 is 1.19 bits per heavy atom. The van der Waals surface area contributed by atoms with E-state index in [1.165, 1.54) is 6.42 Å². The second kappa shape index (κ2) is 7.67. The van der Waals surface area contributed by atoms with E-state index >= 15 is 0 Å². The molecule has 3 unspecified atom stereocenters. The van der Waals surface area contributed by atoms with Gasteiger partial charge in [0.2, 0.25) is 5.91 Å². The molecule has 2 aromatic rings. The molecule has 1 fully saturated rings. The van der Waals surface area contributed by atoms with Gasteiger partial charge in [0.1, 0.15) is 24.7 Å². The maximum absolute atomic E-state index is 12.4. The number of carbonyl (C=O) groups is 1. The van der Waals surface area contributed by atoms with Crippen molar-refractivity contribution < 1.29 is 18.7 Å². The van der Waals surface area contributed by atoms with Crippen LogP contribution in [-0.4, -0.2) is 19.1 Å². The van der Waals surface area contributed by atoms with E-state index in [4.69, 9.17) is 13.9 Å². The van der Waals surface area contributed by atoms with Crippen LogP contribution < -0.4 is 14.8 Å². The Kier molecular flexibility index (Phi) is 5.10. The van der Waals surface area contributed by atoms with Crippen molar-refractivity contribution in [2.24, 2.45) is 5.92 Å². The molecule has 1 aromatic carbocycles. The molecule has 1 amide bonds. The van der Waals surface area contributed by atoms with Crippen molar-refractivity contribution in [1.82, 2.24) is 5.32 Å². The number of hydrogen-bond acceptors (Lipinski definition) is 4. The molecule has 0 saturated heterocycles. The number of benzene rings is 1. The smallest absolute Gasteiger partial charge is 0.220 e. The molecule has 2 aliphatic rings. The number of furan rings is 1. The number of amides is 1.